The van der Waals surface area contributed by atoms with Gasteiger partial charge in [0.25, 0.3) is 0 Å². The van der Waals surface area contributed by atoms with Crippen molar-refractivity contribution in [2.24, 2.45) is 0 Å². The molecule has 8 heteroatoms. The van der Waals surface area contributed by atoms with E-state index < -0.39 is 9.84 Å². The topological polar surface area (TPSA) is 79.4 Å². The van der Waals surface area contributed by atoms with E-state index in [-0.39, 0.29) is 24.7 Å². The van der Waals surface area contributed by atoms with E-state index >= 15 is 0 Å². The minimum Gasteiger partial charge on any atom is -0.310 e. The second-order valence-corrected chi connectivity index (χ2v) is 8.30. The van der Waals surface area contributed by atoms with Crippen molar-refractivity contribution in [3.8, 4) is 0 Å². The van der Waals surface area contributed by atoms with E-state index in [9.17, 15) is 13.2 Å². The third-order valence-corrected chi connectivity index (χ3v) is 5.43. The number of hydrogen-bond acceptors (Lipinski definition) is 5. The van der Waals surface area contributed by atoms with E-state index in [1.54, 1.807) is 60.6 Å². The van der Waals surface area contributed by atoms with Gasteiger partial charge in [-0.25, -0.2) is 13.4 Å². The average Bonchev–Trinajstić information content (AvgIpc) is 2.56. The molecule has 6 nitrogen and oxygen atoms in total. The zero-order valence-electron chi connectivity index (χ0n) is 13.1. The zero-order chi connectivity index (χ0) is 17.6. The molecule has 1 aromatic carbocycles. The molecule has 1 aromatic heterocycles. The lowest BCUT2D eigenvalue weighted by Gasteiger charge is -2.16. The lowest BCUT2D eigenvalue weighted by atomic mass is 10.4. The van der Waals surface area contributed by atoms with E-state index in [4.69, 9.17) is 0 Å². The summed E-state index contributed by atoms with van der Waals surface area (Å²) < 4.78 is 25.2. The number of carbonyl (C=O) groups excluding carboxylic acids is 1. The summed E-state index contributed by atoms with van der Waals surface area (Å²) in [4.78, 5) is 18.0. The van der Waals surface area contributed by atoms with E-state index in [0.29, 0.717) is 10.7 Å². The van der Waals surface area contributed by atoms with Gasteiger partial charge in [0.15, 0.2) is 9.84 Å². The molecule has 0 unspecified atom stereocenters. The molecule has 0 aliphatic rings. The van der Waals surface area contributed by atoms with Crippen LogP contribution in [0.15, 0.2) is 58.0 Å². The summed E-state index contributed by atoms with van der Waals surface area (Å²) in [6.07, 6.45) is 1.59. The number of pyridine rings is 1. The van der Waals surface area contributed by atoms with Crippen molar-refractivity contribution in [2.45, 2.75) is 4.90 Å². The smallest absolute Gasteiger partial charge is 0.239 e. The summed E-state index contributed by atoms with van der Waals surface area (Å²) in [6, 6.07) is 11.7. The third-order valence-electron chi connectivity index (χ3n) is 3.25. The molecule has 0 fully saturated rings. The van der Waals surface area contributed by atoms with Gasteiger partial charge in [0.1, 0.15) is 5.82 Å². The molecule has 2 rings (SSSR count). The molecule has 24 heavy (non-hydrogen) atoms. The summed E-state index contributed by atoms with van der Waals surface area (Å²) in [5, 5.41) is 2.67. The number of carbonyl (C=O) groups is 1. The molecule has 2 aromatic rings. The molecule has 1 N–H and O–H groups in total. The second kappa shape index (κ2) is 8.36. The van der Waals surface area contributed by atoms with Crippen molar-refractivity contribution in [3.63, 3.8) is 0 Å². The van der Waals surface area contributed by atoms with Gasteiger partial charge in [-0.2, -0.15) is 0 Å². The molecule has 0 saturated carbocycles. The number of nitrogens with zero attached hydrogens (tertiary/aromatic N) is 2. The van der Waals surface area contributed by atoms with Crippen molar-refractivity contribution in [1.29, 1.82) is 0 Å². The van der Waals surface area contributed by atoms with Crippen molar-refractivity contribution in [3.05, 3.63) is 53.1 Å². The maximum Gasteiger partial charge on any atom is 0.239 e. The lowest BCUT2D eigenvalue weighted by molar-refractivity contribution is -0.117. The predicted molar refractivity (Wildman–Crippen MR) is 96.6 cm³/mol. The predicted octanol–water partition coefficient (Wildman–Crippen LogP) is 2.19. The molecular weight excluding hydrogens is 394 g/mol. The van der Waals surface area contributed by atoms with E-state index in [0.717, 1.165) is 4.47 Å². The Labute approximate surface area is 149 Å². The van der Waals surface area contributed by atoms with Crippen LogP contribution >= 0.6 is 15.9 Å². The van der Waals surface area contributed by atoms with Gasteiger partial charge in [0, 0.05) is 17.2 Å². The normalized spacial score (nSPS) is 11.5. The summed E-state index contributed by atoms with van der Waals surface area (Å²) in [7, 11) is -1.64. The number of nitrogens with one attached hydrogen (secondary N) is 1. The van der Waals surface area contributed by atoms with Gasteiger partial charge in [0.05, 0.1) is 17.2 Å². The lowest BCUT2D eigenvalue weighted by Crippen LogP contribution is -2.33. The van der Waals surface area contributed by atoms with Gasteiger partial charge in [-0.15, -0.1) is 0 Å². The average molecular weight is 412 g/mol. The number of anilines is 1. The number of amides is 1. The Hall–Kier alpha value is -1.77. The minimum absolute atomic E-state index is 0.0443. The number of rotatable bonds is 7. The number of sulfone groups is 1. The summed E-state index contributed by atoms with van der Waals surface area (Å²) in [5.41, 5.74) is 0. The van der Waals surface area contributed by atoms with Gasteiger partial charge >= 0.3 is 0 Å². The van der Waals surface area contributed by atoms with Crippen LogP contribution in [0.25, 0.3) is 0 Å². The quantitative estimate of drug-likeness (QED) is 0.754. The van der Waals surface area contributed by atoms with E-state index in [2.05, 4.69) is 26.2 Å². The summed E-state index contributed by atoms with van der Waals surface area (Å²) >= 11 is 3.27. The molecule has 1 heterocycles. The SMILES string of the molecule is CN(CCS(=O)(=O)c1ccccc1)CC(=O)Nc1ccc(Br)cn1. The van der Waals surface area contributed by atoms with E-state index in [1.165, 1.54) is 0 Å². The van der Waals surface area contributed by atoms with Crippen molar-refractivity contribution < 1.29 is 13.2 Å². The first-order chi connectivity index (χ1) is 11.4. The van der Waals surface area contributed by atoms with Crippen molar-refractivity contribution in [2.75, 3.05) is 31.2 Å². The fraction of sp³-hybridized carbons (Fsp3) is 0.250. The van der Waals surface area contributed by atoms with Crippen LogP contribution in [0.1, 0.15) is 0 Å². The van der Waals surface area contributed by atoms with E-state index in [1.807, 2.05) is 0 Å². The van der Waals surface area contributed by atoms with Crippen molar-refractivity contribution >= 4 is 37.5 Å². The third kappa shape index (κ3) is 5.70. The molecule has 0 aliphatic heterocycles. The Morgan fingerprint density at radius 1 is 1.21 bits per heavy atom. The van der Waals surface area contributed by atoms with Crippen LogP contribution in [0.4, 0.5) is 5.82 Å². The highest BCUT2D eigenvalue weighted by molar-refractivity contribution is 9.10. The van der Waals surface area contributed by atoms with Crippen LogP contribution in [0.2, 0.25) is 0 Å². The Bertz CT molecular complexity index is 780. The standard InChI is InChI=1S/C16H18BrN3O3S/c1-20(9-10-24(22,23)14-5-3-2-4-6-14)12-16(21)19-15-8-7-13(17)11-18-15/h2-8,11H,9-10,12H2,1H3,(H,18,19,21). The molecule has 0 saturated heterocycles. The molecule has 1 amide bonds. The van der Waals surface area contributed by atoms with Crippen molar-refractivity contribution in [1.82, 2.24) is 9.88 Å². The Kier molecular flexibility index (Phi) is 6.47. The molecule has 128 valence electrons. The second-order valence-electron chi connectivity index (χ2n) is 5.28. The number of likely N-dealkylation sites (N-methyl/N-ethyl adjacent to an activating group) is 1. The van der Waals surface area contributed by atoms with Crippen LogP contribution < -0.4 is 5.32 Å². The molecule has 0 radical (unpaired) electrons. The van der Waals surface area contributed by atoms with Gasteiger partial charge in [-0.1, -0.05) is 18.2 Å². The molecular formula is C16H18BrN3O3S. The fourth-order valence-corrected chi connectivity index (χ4v) is 3.57. The monoisotopic (exact) mass is 411 g/mol. The maximum absolute atomic E-state index is 12.2. The first kappa shape index (κ1) is 18.6. The molecule has 0 aliphatic carbocycles. The summed E-state index contributed by atoms with van der Waals surface area (Å²) in [5.74, 6) is 0.162. The van der Waals surface area contributed by atoms with Crippen LogP contribution in [0, 0.1) is 0 Å². The largest absolute Gasteiger partial charge is 0.310 e. The highest BCUT2D eigenvalue weighted by Crippen LogP contribution is 2.11. The zero-order valence-corrected chi connectivity index (χ0v) is 15.5. The molecule has 0 atom stereocenters. The van der Waals surface area contributed by atoms with Gasteiger partial charge < -0.3 is 5.32 Å². The highest BCUT2D eigenvalue weighted by atomic mass is 79.9. The Balaban J connectivity index is 1.83. The number of hydrogen-bond donors (Lipinski definition) is 1. The Morgan fingerprint density at radius 3 is 2.54 bits per heavy atom. The first-order valence-corrected chi connectivity index (χ1v) is 9.69. The summed E-state index contributed by atoms with van der Waals surface area (Å²) in [6.45, 7) is 0.348. The fourth-order valence-electron chi connectivity index (χ4n) is 1.98. The molecule has 0 bridgehead atoms. The van der Waals surface area contributed by atoms with Crippen LogP contribution in [-0.2, 0) is 14.6 Å². The highest BCUT2D eigenvalue weighted by Gasteiger charge is 2.16. The van der Waals surface area contributed by atoms with Crippen LogP contribution in [0.5, 0.6) is 0 Å². The van der Waals surface area contributed by atoms with Gasteiger partial charge in [-0.05, 0) is 47.2 Å². The van der Waals surface area contributed by atoms with Gasteiger partial charge in [0.2, 0.25) is 5.91 Å². The van der Waals surface area contributed by atoms with Crippen LogP contribution in [0.3, 0.4) is 0 Å². The van der Waals surface area contributed by atoms with Crippen LogP contribution in [-0.4, -0.2) is 50.1 Å². The molecule has 0 spiro atoms. The minimum atomic E-state index is -3.35. The number of benzene rings is 1. The van der Waals surface area contributed by atoms with Gasteiger partial charge in [-0.3, -0.25) is 9.69 Å². The Morgan fingerprint density at radius 2 is 1.92 bits per heavy atom. The maximum atomic E-state index is 12.2. The number of aromatic nitrogens is 1. The number of halogens is 1. The first-order valence-electron chi connectivity index (χ1n) is 7.24.